The molecule has 2 N–H and O–H groups in total. The first kappa shape index (κ1) is 19.7. The summed E-state index contributed by atoms with van der Waals surface area (Å²) in [6.07, 6.45) is 4.42. The molecule has 1 amide bonds. The van der Waals surface area contributed by atoms with E-state index >= 15 is 0 Å². The van der Waals surface area contributed by atoms with Crippen molar-refractivity contribution in [2.75, 3.05) is 12.4 Å². The number of alkyl halides is 1. The zero-order chi connectivity index (χ0) is 21.9. The van der Waals surface area contributed by atoms with Crippen molar-refractivity contribution in [2.45, 2.75) is 38.5 Å². The number of aromatic nitrogens is 5. The molecule has 1 fully saturated rings. The third kappa shape index (κ3) is 3.29. The topological polar surface area (TPSA) is 89.1 Å². The number of hydrogen-bond acceptors (Lipinski definition) is 5. The van der Waals surface area contributed by atoms with Crippen LogP contribution in [-0.2, 0) is 0 Å². The van der Waals surface area contributed by atoms with E-state index in [1.165, 1.54) is 6.20 Å². The molecule has 8 nitrogen and oxygen atoms in total. The average molecular weight is 442 g/mol. The van der Waals surface area contributed by atoms with Crippen LogP contribution >= 0.6 is 11.6 Å². The SMILES string of the molecule is CNc1cc(-c2cn(C(C)C)c3ncc(Cl)cc23)nc2c(C(=O)N[C@@H]3C[C@@H]3F)cnn12. The Bertz CT molecular complexity index is 1330. The molecule has 5 rings (SSSR count). The van der Waals surface area contributed by atoms with Gasteiger partial charge in [0.15, 0.2) is 5.65 Å². The van der Waals surface area contributed by atoms with Crippen LogP contribution in [0.15, 0.2) is 30.7 Å². The summed E-state index contributed by atoms with van der Waals surface area (Å²) in [6.45, 7) is 4.15. The number of halogens is 2. The Hall–Kier alpha value is -3.20. The second-order valence-corrected chi connectivity index (χ2v) is 8.41. The molecule has 0 spiro atoms. The van der Waals surface area contributed by atoms with Crippen LogP contribution in [0.2, 0.25) is 5.02 Å². The fraction of sp³-hybridized carbons (Fsp3) is 0.333. The smallest absolute Gasteiger partial charge is 0.257 e. The zero-order valence-electron chi connectivity index (χ0n) is 17.2. The maximum atomic E-state index is 13.3. The molecule has 0 unspecified atom stereocenters. The van der Waals surface area contributed by atoms with Gasteiger partial charge >= 0.3 is 0 Å². The van der Waals surface area contributed by atoms with Crippen LogP contribution in [0.1, 0.15) is 36.7 Å². The van der Waals surface area contributed by atoms with Crippen molar-refractivity contribution in [1.82, 2.24) is 29.5 Å². The highest BCUT2D eigenvalue weighted by Crippen LogP contribution is 2.34. The first-order chi connectivity index (χ1) is 14.9. The van der Waals surface area contributed by atoms with E-state index in [9.17, 15) is 9.18 Å². The molecule has 31 heavy (non-hydrogen) atoms. The minimum atomic E-state index is -0.985. The number of fused-ring (bicyclic) bond motifs is 2. The summed E-state index contributed by atoms with van der Waals surface area (Å²) in [7, 11) is 1.77. The number of hydrogen-bond donors (Lipinski definition) is 2. The standard InChI is InChI=1S/C21H21ClFN7O/c1-10(2)29-9-14(12-4-11(22)7-25-19(12)29)16-6-18(24-3)30-20(27-16)13(8-26-30)21(31)28-17-5-15(17)23/h4,6-10,15,17,24H,5H2,1-3H3,(H,28,31)/t15-,17+/m0/s1. The molecular formula is C21H21ClFN7O. The summed E-state index contributed by atoms with van der Waals surface area (Å²) in [6, 6.07) is 3.47. The number of nitrogens with zero attached hydrogens (tertiary/aromatic N) is 5. The van der Waals surface area contributed by atoms with Gasteiger partial charge in [0.2, 0.25) is 0 Å². The lowest BCUT2D eigenvalue weighted by Crippen LogP contribution is -2.27. The van der Waals surface area contributed by atoms with Gasteiger partial charge in [0.1, 0.15) is 23.2 Å². The Balaban J connectivity index is 1.69. The highest BCUT2D eigenvalue weighted by Gasteiger charge is 2.39. The number of pyridine rings is 1. The van der Waals surface area contributed by atoms with Gasteiger partial charge in [-0.05, 0) is 19.9 Å². The van der Waals surface area contributed by atoms with Crippen molar-refractivity contribution in [3.63, 3.8) is 0 Å². The number of carbonyl (C=O) groups excluding carboxylic acids is 1. The number of nitrogens with one attached hydrogen (secondary N) is 2. The van der Waals surface area contributed by atoms with Crippen molar-refractivity contribution in [3.8, 4) is 11.3 Å². The Morgan fingerprint density at radius 2 is 2.06 bits per heavy atom. The fourth-order valence-corrected chi connectivity index (χ4v) is 3.86. The van der Waals surface area contributed by atoms with Crippen LogP contribution < -0.4 is 10.6 Å². The number of carbonyl (C=O) groups is 1. The predicted molar refractivity (Wildman–Crippen MR) is 117 cm³/mol. The number of anilines is 1. The maximum Gasteiger partial charge on any atom is 0.257 e. The quantitative estimate of drug-likeness (QED) is 0.491. The summed E-state index contributed by atoms with van der Waals surface area (Å²) in [4.78, 5) is 22.0. The molecule has 4 heterocycles. The number of amides is 1. The molecule has 2 atom stereocenters. The summed E-state index contributed by atoms with van der Waals surface area (Å²) in [5, 5.41) is 11.5. The van der Waals surface area contributed by atoms with E-state index in [2.05, 4.69) is 39.1 Å². The molecule has 160 valence electrons. The van der Waals surface area contributed by atoms with Crippen molar-refractivity contribution in [3.05, 3.63) is 41.3 Å². The van der Waals surface area contributed by atoms with Gasteiger partial charge in [0.25, 0.3) is 5.91 Å². The zero-order valence-corrected chi connectivity index (χ0v) is 18.0. The summed E-state index contributed by atoms with van der Waals surface area (Å²) in [5.74, 6) is 0.274. The normalized spacial score (nSPS) is 18.1. The maximum absolute atomic E-state index is 13.3. The molecule has 10 heteroatoms. The van der Waals surface area contributed by atoms with Gasteiger partial charge in [-0.15, -0.1) is 0 Å². The van der Waals surface area contributed by atoms with Crippen molar-refractivity contribution >= 4 is 40.0 Å². The van der Waals surface area contributed by atoms with Gasteiger partial charge in [0.05, 0.1) is 23.0 Å². The van der Waals surface area contributed by atoms with Crippen LogP contribution in [0.25, 0.3) is 27.9 Å². The third-order valence-corrected chi connectivity index (χ3v) is 5.68. The van der Waals surface area contributed by atoms with Crippen molar-refractivity contribution < 1.29 is 9.18 Å². The van der Waals surface area contributed by atoms with E-state index in [0.717, 1.165) is 16.6 Å². The second-order valence-electron chi connectivity index (χ2n) is 7.97. The molecule has 1 aliphatic carbocycles. The van der Waals surface area contributed by atoms with Crippen LogP contribution in [0.5, 0.6) is 0 Å². The molecule has 1 aliphatic rings. The molecule has 0 aromatic carbocycles. The minimum absolute atomic E-state index is 0.181. The van der Waals surface area contributed by atoms with Crippen LogP contribution in [0, 0.1) is 0 Å². The Morgan fingerprint density at radius 3 is 2.74 bits per heavy atom. The lowest BCUT2D eigenvalue weighted by Gasteiger charge is -2.08. The predicted octanol–water partition coefficient (Wildman–Crippen LogP) is 3.86. The van der Waals surface area contributed by atoms with E-state index in [-0.39, 0.29) is 11.9 Å². The largest absolute Gasteiger partial charge is 0.373 e. The van der Waals surface area contributed by atoms with Gasteiger partial charge in [-0.2, -0.15) is 9.61 Å². The molecule has 4 aromatic heterocycles. The Labute approximate surface area is 182 Å². The highest BCUT2D eigenvalue weighted by molar-refractivity contribution is 6.31. The van der Waals surface area contributed by atoms with Gasteiger partial charge in [-0.1, -0.05) is 11.6 Å². The van der Waals surface area contributed by atoms with Crippen molar-refractivity contribution in [1.29, 1.82) is 0 Å². The Kier molecular flexibility index (Phi) is 4.58. The first-order valence-corrected chi connectivity index (χ1v) is 10.4. The van der Waals surface area contributed by atoms with Crippen LogP contribution in [0.3, 0.4) is 0 Å². The lowest BCUT2D eigenvalue weighted by molar-refractivity contribution is 0.0949. The summed E-state index contributed by atoms with van der Waals surface area (Å²) in [5.41, 5.74) is 2.97. The number of rotatable bonds is 5. The molecular weight excluding hydrogens is 421 g/mol. The molecule has 1 saturated carbocycles. The highest BCUT2D eigenvalue weighted by atomic mass is 35.5. The first-order valence-electron chi connectivity index (χ1n) is 10.0. The fourth-order valence-electron chi connectivity index (χ4n) is 3.70. The van der Waals surface area contributed by atoms with Crippen molar-refractivity contribution in [2.24, 2.45) is 0 Å². The van der Waals surface area contributed by atoms with E-state index in [1.54, 1.807) is 17.8 Å². The second kappa shape index (κ2) is 7.19. The summed E-state index contributed by atoms with van der Waals surface area (Å²) >= 11 is 6.23. The van der Waals surface area contributed by atoms with E-state index in [1.807, 2.05) is 18.3 Å². The molecule has 0 saturated heterocycles. The molecule has 4 aromatic rings. The monoisotopic (exact) mass is 441 g/mol. The lowest BCUT2D eigenvalue weighted by atomic mass is 10.1. The minimum Gasteiger partial charge on any atom is -0.373 e. The summed E-state index contributed by atoms with van der Waals surface area (Å²) < 4.78 is 16.9. The van der Waals surface area contributed by atoms with Crippen LogP contribution in [-0.4, -0.2) is 49.3 Å². The van der Waals surface area contributed by atoms with Gasteiger partial charge < -0.3 is 15.2 Å². The van der Waals surface area contributed by atoms with Gasteiger partial charge in [0, 0.05) is 48.9 Å². The molecule has 0 radical (unpaired) electrons. The van der Waals surface area contributed by atoms with E-state index in [4.69, 9.17) is 16.6 Å². The van der Waals surface area contributed by atoms with Crippen LogP contribution in [0.4, 0.5) is 10.2 Å². The molecule has 0 bridgehead atoms. The van der Waals surface area contributed by atoms with Gasteiger partial charge in [-0.25, -0.2) is 14.4 Å². The van der Waals surface area contributed by atoms with Gasteiger partial charge in [-0.3, -0.25) is 4.79 Å². The third-order valence-electron chi connectivity index (χ3n) is 5.47. The van der Waals surface area contributed by atoms with E-state index < -0.39 is 12.2 Å². The molecule has 0 aliphatic heterocycles. The van der Waals surface area contributed by atoms with E-state index in [0.29, 0.717) is 34.2 Å². The average Bonchev–Trinajstić information content (AvgIpc) is 3.14. The Morgan fingerprint density at radius 1 is 1.29 bits per heavy atom.